The lowest BCUT2D eigenvalue weighted by atomic mass is 10.4. The second kappa shape index (κ2) is 3.09. The molecular weight excluding hydrogens is 298 g/mol. The van der Waals surface area contributed by atoms with Crippen molar-refractivity contribution in [2.45, 2.75) is 14.5 Å². The van der Waals surface area contributed by atoms with Crippen molar-refractivity contribution in [3.05, 3.63) is 0 Å². The molecule has 0 aromatic rings. The minimum absolute atomic E-state index is 1.40. The van der Waals surface area contributed by atoms with E-state index in [1.165, 1.54) is 15.9 Å². The van der Waals surface area contributed by atoms with Gasteiger partial charge in [-0.25, -0.2) is 0 Å². The standard InChI is InChI=1S/C3BrCl3F4/c4-2(10,11)1(8,9)3(5,6)7. The van der Waals surface area contributed by atoms with Crippen LogP contribution in [0.4, 0.5) is 17.6 Å². The summed E-state index contributed by atoms with van der Waals surface area (Å²) in [7, 11) is 0. The van der Waals surface area contributed by atoms with E-state index >= 15 is 0 Å². The summed E-state index contributed by atoms with van der Waals surface area (Å²) in [5.74, 6) is -4.75. The molecular formula is C3BrCl3F4. The molecule has 0 fully saturated rings. The zero-order chi connectivity index (χ0) is 9.50. The summed E-state index contributed by atoms with van der Waals surface area (Å²) < 4.78 is 45.0. The molecule has 0 aliphatic carbocycles. The highest BCUT2D eigenvalue weighted by atomic mass is 79.9. The molecule has 0 saturated heterocycles. The Labute approximate surface area is 82.9 Å². The zero-order valence-corrected chi connectivity index (χ0v) is 8.38. The van der Waals surface area contributed by atoms with Crippen molar-refractivity contribution < 1.29 is 17.6 Å². The van der Waals surface area contributed by atoms with Crippen LogP contribution in [0.1, 0.15) is 0 Å². The average Bonchev–Trinajstić information content (AvgIpc) is 1.58. The maximum absolute atomic E-state index is 12.2. The van der Waals surface area contributed by atoms with Gasteiger partial charge in [-0.1, -0.05) is 34.8 Å². The van der Waals surface area contributed by atoms with Gasteiger partial charge in [-0.15, -0.1) is 0 Å². The first-order valence-electron chi connectivity index (χ1n) is 2.01. The Morgan fingerprint density at radius 3 is 1.18 bits per heavy atom. The van der Waals surface area contributed by atoms with Gasteiger partial charge in [-0.3, -0.25) is 0 Å². The molecule has 0 spiro atoms. The fourth-order valence-corrected chi connectivity index (χ4v) is 1.16. The van der Waals surface area contributed by atoms with Gasteiger partial charge in [0.25, 0.3) is 3.79 Å². The molecule has 0 saturated carbocycles. The summed E-state index contributed by atoms with van der Waals surface area (Å²) in [6.07, 6.45) is 0. The van der Waals surface area contributed by atoms with Crippen LogP contribution in [0.5, 0.6) is 0 Å². The van der Waals surface area contributed by atoms with Gasteiger partial charge in [0, 0.05) is 0 Å². The van der Waals surface area contributed by atoms with Gasteiger partial charge in [0.2, 0.25) is 0 Å². The number of alkyl halides is 8. The van der Waals surface area contributed by atoms with E-state index in [1.807, 2.05) is 0 Å². The van der Waals surface area contributed by atoms with Gasteiger partial charge >= 0.3 is 10.8 Å². The van der Waals surface area contributed by atoms with E-state index in [0.717, 1.165) is 0 Å². The van der Waals surface area contributed by atoms with Gasteiger partial charge in [0.1, 0.15) is 0 Å². The van der Waals surface area contributed by atoms with Crippen molar-refractivity contribution in [1.82, 2.24) is 0 Å². The molecule has 0 atom stereocenters. The van der Waals surface area contributed by atoms with Crippen molar-refractivity contribution in [1.29, 1.82) is 0 Å². The molecule has 0 heterocycles. The van der Waals surface area contributed by atoms with E-state index in [2.05, 4.69) is 34.8 Å². The lowest BCUT2D eigenvalue weighted by Gasteiger charge is -2.27. The summed E-state index contributed by atoms with van der Waals surface area (Å²) in [5, 5.41) is 0. The number of hydrogen-bond acceptors (Lipinski definition) is 0. The molecule has 11 heavy (non-hydrogen) atoms. The Morgan fingerprint density at radius 2 is 1.18 bits per heavy atom. The summed E-state index contributed by atoms with van der Waals surface area (Å²) in [6.45, 7) is 0. The smallest absolute Gasteiger partial charge is 0.194 e. The van der Waals surface area contributed by atoms with Gasteiger partial charge in [0.15, 0.2) is 0 Å². The van der Waals surface area contributed by atoms with Crippen LogP contribution in [0.2, 0.25) is 0 Å². The van der Waals surface area contributed by atoms with Crippen molar-refractivity contribution in [3.63, 3.8) is 0 Å². The molecule has 0 amide bonds. The minimum atomic E-state index is -4.75. The first-order chi connectivity index (χ1) is 4.50. The third-order valence-electron chi connectivity index (χ3n) is 0.712. The topological polar surface area (TPSA) is 0 Å². The van der Waals surface area contributed by atoms with Crippen molar-refractivity contribution in [2.75, 3.05) is 0 Å². The van der Waals surface area contributed by atoms with Crippen LogP contribution in [0.3, 0.4) is 0 Å². The first kappa shape index (κ1) is 12.1. The van der Waals surface area contributed by atoms with Gasteiger partial charge < -0.3 is 0 Å². The van der Waals surface area contributed by atoms with E-state index in [-0.39, 0.29) is 0 Å². The molecule has 0 aliphatic rings. The maximum atomic E-state index is 12.2. The number of rotatable bonds is 1. The first-order valence-corrected chi connectivity index (χ1v) is 3.94. The third-order valence-corrected chi connectivity index (χ3v) is 1.92. The van der Waals surface area contributed by atoms with Crippen LogP contribution in [-0.4, -0.2) is 14.5 Å². The highest BCUT2D eigenvalue weighted by molar-refractivity contribution is 9.10. The average molecular weight is 298 g/mol. The van der Waals surface area contributed by atoms with E-state index in [9.17, 15) is 17.6 Å². The predicted molar refractivity (Wildman–Crippen MR) is 39.1 cm³/mol. The maximum Gasteiger partial charge on any atom is 0.367 e. The molecule has 0 rings (SSSR count). The van der Waals surface area contributed by atoms with Crippen LogP contribution in [0, 0.1) is 0 Å². The van der Waals surface area contributed by atoms with Crippen LogP contribution in [-0.2, 0) is 0 Å². The molecule has 0 unspecified atom stereocenters. The van der Waals surface area contributed by atoms with E-state index < -0.39 is 14.5 Å². The highest BCUT2D eigenvalue weighted by Crippen LogP contribution is 2.53. The summed E-state index contributed by atoms with van der Waals surface area (Å²) >= 11 is 15.1. The normalized spacial score (nSPS) is 15.3. The second-order valence-corrected chi connectivity index (χ2v) is 4.85. The van der Waals surface area contributed by atoms with E-state index in [0.29, 0.717) is 0 Å². The molecule has 8 heteroatoms. The zero-order valence-electron chi connectivity index (χ0n) is 4.52. The van der Waals surface area contributed by atoms with E-state index in [4.69, 9.17) is 0 Å². The lowest BCUT2D eigenvalue weighted by molar-refractivity contribution is -0.143. The van der Waals surface area contributed by atoms with Crippen LogP contribution in [0.15, 0.2) is 0 Å². The highest BCUT2D eigenvalue weighted by Gasteiger charge is 2.66. The van der Waals surface area contributed by atoms with Gasteiger partial charge in [-0.05, 0) is 15.9 Å². The largest absolute Gasteiger partial charge is 0.367 e. The van der Waals surface area contributed by atoms with Crippen LogP contribution < -0.4 is 0 Å². The van der Waals surface area contributed by atoms with Crippen LogP contribution >= 0.6 is 50.7 Å². The monoisotopic (exact) mass is 296 g/mol. The molecule has 68 valence electrons. The minimum Gasteiger partial charge on any atom is -0.194 e. The Bertz CT molecular complexity index is 132. The number of hydrogen-bond donors (Lipinski definition) is 0. The fourth-order valence-electron chi connectivity index (χ4n) is 0.161. The quantitative estimate of drug-likeness (QED) is 0.507. The Morgan fingerprint density at radius 1 is 0.909 bits per heavy atom. The SMILES string of the molecule is FC(F)(Br)C(F)(F)C(Cl)(Cl)Cl. The van der Waals surface area contributed by atoms with E-state index in [1.54, 1.807) is 0 Å². The second-order valence-electron chi connectivity index (χ2n) is 1.57. The molecule has 0 aliphatic heterocycles. The summed E-state index contributed by atoms with van der Waals surface area (Å²) in [4.78, 5) is -4.54. The summed E-state index contributed by atoms with van der Waals surface area (Å²) in [6, 6.07) is 0. The molecule has 0 bridgehead atoms. The van der Waals surface area contributed by atoms with Crippen LogP contribution in [0.25, 0.3) is 0 Å². The molecule has 0 radical (unpaired) electrons. The Kier molecular flexibility index (Phi) is 3.39. The van der Waals surface area contributed by atoms with Crippen molar-refractivity contribution >= 4 is 50.7 Å². The molecule has 0 aromatic heterocycles. The Balaban J connectivity index is 4.75. The van der Waals surface area contributed by atoms with Gasteiger partial charge in [0.05, 0.1) is 0 Å². The molecule has 0 nitrogen and oxygen atoms in total. The van der Waals surface area contributed by atoms with Gasteiger partial charge in [-0.2, -0.15) is 17.6 Å². The number of halogens is 8. The van der Waals surface area contributed by atoms with Crippen molar-refractivity contribution in [3.8, 4) is 0 Å². The predicted octanol–water partition coefficient (Wildman–Crippen LogP) is 3.98. The molecule has 0 N–H and O–H groups in total. The lowest BCUT2D eigenvalue weighted by Crippen LogP contribution is -2.46. The molecule has 0 aromatic carbocycles. The Hall–Kier alpha value is 1.07. The third kappa shape index (κ3) is 2.50. The van der Waals surface area contributed by atoms with Crippen molar-refractivity contribution in [2.24, 2.45) is 0 Å². The summed E-state index contributed by atoms with van der Waals surface area (Å²) in [5.41, 5.74) is 0. The fraction of sp³-hybridized carbons (Fsp3) is 1.00.